The molecule has 0 aliphatic rings. The lowest BCUT2D eigenvalue weighted by molar-refractivity contribution is 0.0699. The molecule has 18 heavy (non-hydrogen) atoms. The van der Waals surface area contributed by atoms with Crippen LogP contribution in [0.4, 0.5) is 0 Å². The molecule has 1 aromatic heterocycles. The van der Waals surface area contributed by atoms with Gasteiger partial charge in [0.05, 0.1) is 5.02 Å². The lowest BCUT2D eigenvalue weighted by Crippen LogP contribution is -2.02. The maximum Gasteiger partial charge on any atom is 0.346 e. The minimum Gasteiger partial charge on any atom is -0.487 e. The number of aryl methyl sites for hydroxylation is 1. The smallest absolute Gasteiger partial charge is 0.346 e. The van der Waals surface area contributed by atoms with E-state index < -0.39 is 5.97 Å². The second-order valence-corrected chi connectivity index (χ2v) is 5.13. The summed E-state index contributed by atoms with van der Waals surface area (Å²) in [6.07, 6.45) is 0. The Kier molecular flexibility index (Phi) is 3.89. The number of carboxylic acids is 1. The largest absolute Gasteiger partial charge is 0.487 e. The molecule has 3 nitrogen and oxygen atoms in total. The van der Waals surface area contributed by atoms with Crippen LogP contribution in [-0.4, -0.2) is 11.1 Å². The second kappa shape index (κ2) is 5.42. The molecule has 1 aromatic carbocycles. The molecule has 0 bridgehead atoms. The third-order valence-corrected chi connectivity index (χ3v) is 3.65. The number of carbonyl (C=O) groups is 1. The van der Waals surface area contributed by atoms with Gasteiger partial charge in [0, 0.05) is 5.56 Å². The van der Waals surface area contributed by atoms with Gasteiger partial charge >= 0.3 is 5.97 Å². The van der Waals surface area contributed by atoms with E-state index in [4.69, 9.17) is 21.4 Å². The number of ether oxygens (including phenoxy) is 1. The standard InChI is InChI=1S/C13H11ClO3S/c1-8-2-3-11(10(14)6-8)17-7-9-4-5-18-12(9)13(15)16/h2-6H,7H2,1H3,(H,15,16). The molecule has 0 aliphatic carbocycles. The van der Waals surface area contributed by atoms with E-state index in [0.29, 0.717) is 21.2 Å². The average Bonchev–Trinajstić information content (AvgIpc) is 2.76. The summed E-state index contributed by atoms with van der Waals surface area (Å²) in [6.45, 7) is 2.14. The lowest BCUT2D eigenvalue weighted by atomic mass is 10.2. The SMILES string of the molecule is Cc1ccc(OCc2ccsc2C(=O)O)c(Cl)c1. The van der Waals surface area contributed by atoms with Crippen molar-refractivity contribution in [1.29, 1.82) is 0 Å². The Morgan fingerprint density at radius 3 is 2.89 bits per heavy atom. The average molecular weight is 283 g/mol. The molecule has 0 aliphatic heterocycles. The van der Waals surface area contributed by atoms with Crippen LogP contribution in [0.1, 0.15) is 20.8 Å². The normalized spacial score (nSPS) is 10.3. The Morgan fingerprint density at radius 2 is 2.22 bits per heavy atom. The molecule has 0 radical (unpaired) electrons. The Balaban J connectivity index is 2.11. The van der Waals surface area contributed by atoms with Crippen molar-refractivity contribution in [3.8, 4) is 5.75 Å². The molecule has 0 amide bonds. The number of halogens is 1. The number of hydrogen-bond donors (Lipinski definition) is 1. The van der Waals surface area contributed by atoms with Gasteiger partial charge in [-0.3, -0.25) is 0 Å². The highest BCUT2D eigenvalue weighted by Gasteiger charge is 2.12. The van der Waals surface area contributed by atoms with Crippen molar-refractivity contribution >= 4 is 28.9 Å². The highest BCUT2D eigenvalue weighted by molar-refractivity contribution is 7.12. The highest BCUT2D eigenvalue weighted by atomic mass is 35.5. The van der Waals surface area contributed by atoms with Crippen molar-refractivity contribution in [2.75, 3.05) is 0 Å². The summed E-state index contributed by atoms with van der Waals surface area (Å²) >= 11 is 7.22. The predicted octanol–water partition coefficient (Wildman–Crippen LogP) is 3.99. The van der Waals surface area contributed by atoms with E-state index in [0.717, 1.165) is 5.56 Å². The van der Waals surface area contributed by atoms with Crippen LogP contribution in [0.25, 0.3) is 0 Å². The van der Waals surface area contributed by atoms with Crippen LogP contribution >= 0.6 is 22.9 Å². The molecular weight excluding hydrogens is 272 g/mol. The van der Waals surface area contributed by atoms with Crippen LogP contribution in [0.3, 0.4) is 0 Å². The first kappa shape index (κ1) is 12.9. The molecule has 1 heterocycles. The van der Waals surface area contributed by atoms with Gasteiger partial charge in [0.15, 0.2) is 0 Å². The number of benzene rings is 1. The van der Waals surface area contributed by atoms with E-state index in [2.05, 4.69) is 0 Å². The predicted molar refractivity (Wildman–Crippen MR) is 71.8 cm³/mol. The fourth-order valence-corrected chi connectivity index (χ4v) is 2.55. The molecule has 0 atom stereocenters. The quantitative estimate of drug-likeness (QED) is 0.922. The van der Waals surface area contributed by atoms with Gasteiger partial charge in [-0.2, -0.15) is 0 Å². The van der Waals surface area contributed by atoms with E-state index in [1.165, 1.54) is 11.3 Å². The molecule has 0 unspecified atom stereocenters. The third-order valence-electron chi connectivity index (χ3n) is 2.41. The first-order valence-electron chi connectivity index (χ1n) is 5.26. The second-order valence-electron chi connectivity index (χ2n) is 3.80. The summed E-state index contributed by atoms with van der Waals surface area (Å²) in [5.74, 6) is -0.372. The van der Waals surface area contributed by atoms with Crippen molar-refractivity contribution in [2.24, 2.45) is 0 Å². The maximum atomic E-state index is 10.9. The monoisotopic (exact) mass is 282 g/mol. The molecule has 0 spiro atoms. The van der Waals surface area contributed by atoms with Crippen LogP contribution < -0.4 is 4.74 Å². The van der Waals surface area contributed by atoms with Crippen molar-refractivity contribution in [2.45, 2.75) is 13.5 Å². The molecule has 1 N–H and O–H groups in total. The number of rotatable bonds is 4. The van der Waals surface area contributed by atoms with Gasteiger partial charge in [0.25, 0.3) is 0 Å². The topological polar surface area (TPSA) is 46.5 Å². The first-order valence-corrected chi connectivity index (χ1v) is 6.52. The van der Waals surface area contributed by atoms with Crippen molar-refractivity contribution in [3.05, 3.63) is 50.7 Å². The van der Waals surface area contributed by atoms with Gasteiger partial charge in [-0.25, -0.2) is 4.79 Å². The Hall–Kier alpha value is -1.52. The molecule has 94 valence electrons. The van der Waals surface area contributed by atoms with Crippen LogP contribution in [0.15, 0.2) is 29.6 Å². The van der Waals surface area contributed by atoms with Gasteiger partial charge in [0.1, 0.15) is 17.2 Å². The summed E-state index contributed by atoms with van der Waals surface area (Å²) in [4.78, 5) is 11.2. The van der Waals surface area contributed by atoms with Crippen LogP contribution in [0.2, 0.25) is 5.02 Å². The van der Waals surface area contributed by atoms with Gasteiger partial charge in [-0.05, 0) is 36.1 Å². The fourth-order valence-electron chi connectivity index (χ4n) is 1.52. The van der Waals surface area contributed by atoms with E-state index in [-0.39, 0.29) is 6.61 Å². The minimum atomic E-state index is -0.932. The summed E-state index contributed by atoms with van der Waals surface area (Å²) in [7, 11) is 0. The first-order chi connectivity index (χ1) is 8.58. The van der Waals surface area contributed by atoms with Gasteiger partial charge in [-0.15, -0.1) is 11.3 Å². The molecule has 2 aromatic rings. The number of hydrogen-bond acceptors (Lipinski definition) is 3. The van der Waals surface area contributed by atoms with E-state index in [1.807, 2.05) is 19.1 Å². The van der Waals surface area contributed by atoms with Crippen molar-refractivity contribution < 1.29 is 14.6 Å². The van der Waals surface area contributed by atoms with Crippen LogP contribution in [-0.2, 0) is 6.61 Å². The molecule has 0 saturated heterocycles. The maximum absolute atomic E-state index is 10.9. The highest BCUT2D eigenvalue weighted by Crippen LogP contribution is 2.27. The van der Waals surface area contributed by atoms with Gasteiger partial charge in [-0.1, -0.05) is 17.7 Å². The van der Waals surface area contributed by atoms with E-state index in [1.54, 1.807) is 17.5 Å². The summed E-state index contributed by atoms with van der Waals surface area (Å²) in [5, 5.41) is 11.2. The molecule has 2 rings (SSSR count). The summed E-state index contributed by atoms with van der Waals surface area (Å²) in [5.41, 5.74) is 1.71. The van der Waals surface area contributed by atoms with Crippen molar-refractivity contribution in [3.63, 3.8) is 0 Å². The molecule has 5 heteroatoms. The zero-order valence-electron chi connectivity index (χ0n) is 9.64. The summed E-state index contributed by atoms with van der Waals surface area (Å²) < 4.78 is 5.54. The van der Waals surface area contributed by atoms with E-state index in [9.17, 15) is 4.79 Å². The Labute approximate surface area is 114 Å². The lowest BCUT2D eigenvalue weighted by Gasteiger charge is -2.08. The molecule has 0 saturated carbocycles. The number of thiophene rings is 1. The number of carboxylic acid groups (broad SMARTS) is 1. The Bertz CT molecular complexity index is 577. The summed E-state index contributed by atoms with van der Waals surface area (Å²) in [6, 6.07) is 7.23. The molecular formula is C13H11ClO3S. The van der Waals surface area contributed by atoms with Crippen LogP contribution in [0.5, 0.6) is 5.75 Å². The van der Waals surface area contributed by atoms with Gasteiger partial charge < -0.3 is 9.84 Å². The number of aromatic carboxylic acids is 1. The third kappa shape index (κ3) is 2.83. The van der Waals surface area contributed by atoms with Crippen molar-refractivity contribution in [1.82, 2.24) is 0 Å². The van der Waals surface area contributed by atoms with E-state index >= 15 is 0 Å². The van der Waals surface area contributed by atoms with Gasteiger partial charge in [0.2, 0.25) is 0 Å². The van der Waals surface area contributed by atoms with Crippen LogP contribution in [0, 0.1) is 6.92 Å². The minimum absolute atomic E-state index is 0.202. The fraction of sp³-hybridized carbons (Fsp3) is 0.154. The molecule has 0 fully saturated rings. The zero-order valence-corrected chi connectivity index (χ0v) is 11.2. The zero-order chi connectivity index (χ0) is 13.1. The Morgan fingerprint density at radius 1 is 1.44 bits per heavy atom.